The first kappa shape index (κ1) is 46.3. The van der Waals surface area contributed by atoms with Gasteiger partial charge >= 0.3 is 12.1 Å². The van der Waals surface area contributed by atoms with Crippen molar-refractivity contribution >= 4 is 17.5 Å². The average molecular weight is 737 g/mol. The Hall–Kier alpha value is -4.70. The summed E-state index contributed by atoms with van der Waals surface area (Å²) >= 11 is 0. The molecular formula is C43H59F3N4O3. The van der Waals surface area contributed by atoms with E-state index in [1.165, 1.54) is 6.08 Å². The van der Waals surface area contributed by atoms with E-state index in [0.717, 1.165) is 79.3 Å². The maximum absolute atomic E-state index is 13.5. The van der Waals surface area contributed by atoms with Crippen molar-refractivity contribution in [3.63, 3.8) is 0 Å². The molecule has 0 saturated carbocycles. The van der Waals surface area contributed by atoms with Gasteiger partial charge in [0.25, 0.3) is 0 Å². The van der Waals surface area contributed by atoms with Crippen LogP contribution in [-0.2, 0) is 11.2 Å². The summed E-state index contributed by atoms with van der Waals surface area (Å²) in [5, 5.41) is 25.1. The van der Waals surface area contributed by atoms with E-state index in [2.05, 4.69) is 23.8 Å². The Balaban J connectivity index is 0.000000741. The molecule has 0 saturated heterocycles. The minimum absolute atomic E-state index is 0.208. The van der Waals surface area contributed by atoms with E-state index in [1.54, 1.807) is 23.9 Å². The lowest BCUT2D eigenvalue weighted by atomic mass is 9.94. The van der Waals surface area contributed by atoms with Gasteiger partial charge in [-0.2, -0.15) is 18.3 Å². The van der Waals surface area contributed by atoms with Gasteiger partial charge in [0.1, 0.15) is 5.82 Å². The van der Waals surface area contributed by atoms with Crippen molar-refractivity contribution in [2.24, 2.45) is 5.92 Å². The second-order valence-electron chi connectivity index (χ2n) is 12.5. The zero-order valence-corrected chi connectivity index (χ0v) is 32.5. The minimum atomic E-state index is -4.38. The maximum atomic E-state index is 13.5. The van der Waals surface area contributed by atoms with Crippen LogP contribution in [0.1, 0.15) is 104 Å². The number of pyridine rings is 1. The molecule has 0 radical (unpaired) electrons. The van der Waals surface area contributed by atoms with Crippen molar-refractivity contribution in [2.75, 3.05) is 11.9 Å². The number of carboxylic acid groups (broad SMARTS) is 1. The molecule has 7 nitrogen and oxygen atoms in total. The molecule has 0 amide bonds. The van der Waals surface area contributed by atoms with Crippen LogP contribution in [0.25, 0.3) is 16.9 Å². The van der Waals surface area contributed by atoms with Gasteiger partial charge in [0, 0.05) is 53.6 Å². The molecule has 0 bridgehead atoms. The Morgan fingerprint density at radius 2 is 1.60 bits per heavy atom. The topological polar surface area (TPSA) is 100 Å². The van der Waals surface area contributed by atoms with Crippen LogP contribution in [0.2, 0.25) is 0 Å². The van der Waals surface area contributed by atoms with E-state index >= 15 is 0 Å². The van der Waals surface area contributed by atoms with Crippen LogP contribution in [0.15, 0.2) is 103 Å². The van der Waals surface area contributed by atoms with Crippen molar-refractivity contribution in [3.05, 3.63) is 115 Å². The molecule has 2 unspecified atom stereocenters. The zero-order chi connectivity index (χ0) is 39.8. The Labute approximate surface area is 314 Å². The molecule has 3 N–H and O–H groups in total. The Bertz CT molecular complexity index is 1640. The zero-order valence-electron chi connectivity index (χ0n) is 32.5. The van der Waals surface area contributed by atoms with Crippen molar-refractivity contribution in [3.8, 4) is 16.9 Å². The fourth-order valence-corrected chi connectivity index (χ4v) is 5.40. The summed E-state index contributed by atoms with van der Waals surface area (Å²) in [5.74, 6) is -0.395. The molecule has 290 valence electrons. The molecule has 10 heteroatoms. The SMILES string of the molecule is C=CC.CC.CC(CCCCO)CC(=O)O.CCCCc1c(-c2ccccc2)nn(-c2ccnc(Nc3ccccc3)c2)c1C(C)/C=C(\C)C(F)(F)F. The van der Waals surface area contributed by atoms with Crippen LogP contribution in [0.3, 0.4) is 0 Å². The molecule has 2 aromatic heterocycles. The van der Waals surface area contributed by atoms with Gasteiger partial charge in [-0.25, -0.2) is 9.67 Å². The number of benzene rings is 2. The Morgan fingerprint density at radius 1 is 1.00 bits per heavy atom. The second kappa shape index (κ2) is 25.3. The lowest BCUT2D eigenvalue weighted by molar-refractivity contribution is -0.138. The van der Waals surface area contributed by atoms with Gasteiger partial charge in [-0.05, 0) is 57.2 Å². The van der Waals surface area contributed by atoms with Crippen LogP contribution in [0, 0.1) is 5.92 Å². The van der Waals surface area contributed by atoms with E-state index in [4.69, 9.17) is 15.3 Å². The first-order chi connectivity index (χ1) is 25.4. The molecule has 53 heavy (non-hydrogen) atoms. The van der Waals surface area contributed by atoms with E-state index in [1.807, 2.05) is 100 Å². The number of allylic oxidation sites excluding steroid dienone is 3. The van der Waals surface area contributed by atoms with Gasteiger partial charge in [-0.3, -0.25) is 4.79 Å². The highest BCUT2D eigenvalue weighted by molar-refractivity contribution is 5.67. The summed E-state index contributed by atoms with van der Waals surface area (Å²) < 4.78 is 42.2. The van der Waals surface area contributed by atoms with E-state index < -0.39 is 23.6 Å². The Kier molecular flexibility index (Phi) is 22.1. The van der Waals surface area contributed by atoms with Gasteiger partial charge in [0.2, 0.25) is 0 Å². The minimum Gasteiger partial charge on any atom is -0.481 e. The standard InChI is InChI=1S/C30H31F3N4.C8H16O3.C3H6.C2H6/c1-4-5-16-26-28(23-12-8-6-9-13-23)36-37(29(26)21(2)19-22(3)30(31,32)33)25-17-18-34-27(20-25)35-24-14-10-7-11-15-24;1-7(6-8(10)11)4-2-3-5-9;1-3-2;1-2/h6-15,17-21H,4-5,16H2,1-3H3,(H,34,35);7,9H,2-6H2,1H3,(H,10,11);3H,1H2,2H3;1-2H3/b22-19+;;;. The third-order valence-electron chi connectivity index (χ3n) is 7.89. The summed E-state index contributed by atoms with van der Waals surface area (Å²) in [5.41, 5.74) is 4.47. The van der Waals surface area contributed by atoms with Gasteiger partial charge in [-0.15, -0.1) is 6.58 Å². The van der Waals surface area contributed by atoms with Crippen molar-refractivity contribution in [1.29, 1.82) is 0 Å². The highest BCUT2D eigenvalue weighted by Gasteiger charge is 2.31. The van der Waals surface area contributed by atoms with Crippen LogP contribution >= 0.6 is 0 Å². The number of carboxylic acids is 1. The molecule has 4 aromatic rings. The fourth-order valence-electron chi connectivity index (χ4n) is 5.40. The number of rotatable bonds is 15. The maximum Gasteiger partial charge on any atom is 0.412 e. The van der Waals surface area contributed by atoms with Crippen LogP contribution in [0.4, 0.5) is 24.7 Å². The van der Waals surface area contributed by atoms with Crippen LogP contribution < -0.4 is 5.32 Å². The first-order valence-electron chi connectivity index (χ1n) is 18.5. The van der Waals surface area contributed by atoms with Crippen LogP contribution in [-0.4, -0.2) is 43.7 Å². The van der Waals surface area contributed by atoms with Crippen molar-refractivity contribution in [2.45, 2.75) is 106 Å². The number of hydrogen-bond donors (Lipinski definition) is 3. The molecule has 0 aliphatic carbocycles. The normalized spacial score (nSPS) is 12.1. The number of unbranched alkanes of at least 4 members (excludes halogenated alkanes) is 2. The summed E-state index contributed by atoms with van der Waals surface area (Å²) in [6.07, 6.45) is 5.78. The number of aliphatic carboxylic acids is 1. The number of nitrogens with one attached hydrogen (secondary N) is 1. The number of aliphatic hydroxyl groups is 1. The molecule has 4 rings (SSSR count). The van der Waals surface area contributed by atoms with Gasteiger partial charge in [-0.1, -0.05) is 115 Å². The van der Waals surface area contributed by atoms with Gasteiger partial charge in [0.15, 0.2) is 0 Å². The van der Waals surface area contributed by atoms with Crippen molar-refractivity contribution in [1.82, 2.24) is 14.8 Å². The smallest absolute Gasteiger partial charge is 0.412 e. The third-order valence-corrected chi connectivity index (χ3v) is 7.89. The van der Waals surface area contributed by atoms with Crippen molar-refractivity contribution < 1.29 is 28.2 Å². The quantitative estimate of drug-likeness (QED) is 0.0830. The summed E-state index contributed by atoms with van der Waals surface area (Å²) in [4.78, 5) is 14.6. The van der Waals surface area contributed by atoms with Crippen LogP contribution in [0.5, 0.6) is 0 Å². The molecular weight excluding hydrogens is 677 g/mol. The van der Waals surface area contributed by atoms with Gasteiger partial charge in [0.05, 0.1) is 17.1 Å². The number of nitrogens with zero attached hydrogens (tertiary/aromatic N) is 3. The highest BCUT2D eigenvalue weighted by atomic mass is 19.4. The number of alkyl halides is 3. The number of aromatic nitrogens is 3. The van der Waals surface area contributed by atoms with E-state index in [0.29, 0.717) is 5.82 Å². The fraction of sp³-hybridized carbons (Fsp3) is 0.419. The summed E-state index contributed by atoms with van der Waals surface area (Å²) in [6, 6.07) is 23.2. The largest absolute Gasteiger partial charge is 0.481 e. The van der Waals surface area contributed by atoms with E-state index in [9.17, 15) is 18.0 Å². The predicted molar refractivity (Wildman–Crippen MR) is 213 cm³/mol. The first-order valence-corrected chi connectivity index (χ1v) is 18.5. The van der Waals surface area contributed by atoms with Gasteiger partial charge < -0.3 is 15.5 Å². The number of halogens is 3. The predicted octanol–water partition coefficient (Wildman–Crippen LogP) is 12.1. The van der Waals surface area contributed by atoms with E-state index in [-0.39, 0.29) is 18.9 Å². The molecule has 2 aromatic carbocycles. The number of para-hydroxylation sites is 1. The summed E-state index contributed by atoms with van der Waals surface area (Å²) in [7, 11) is 0. The Morgan fingerprint density at radius 3 is 2.15 bits per heavy atom. The molecule has 0 spiro atoms. The number of anilines is 2. The number of aliphatic hydroxyl groups excluding tert-OH is 1. The highest BCUT2D eigenvalue weighted by Crippen LogP contribution is 2.36. The molecule has 0 aliphatic heterocycles. The summed E-state index contributed by atoms with van der Waals surface area (Å²) in [6.45, 7) is 16.4. The lowest BCUT2D eigenvalue weighted by Gasteiger charge is -2.17. The molecule has 0 aliphatic rings. The average Bonchev–Trinajstić information content (AvgIpc) is 3.52. The second-order valence-corrected chi connectivity index (χ2v) is 12.5. The monoisotopic (exact) mass is 736 g/mol. The molecule has 0 fully saturated rings. The molecule has 2 atom stereocenters. The number of hydrogen-bond acceptors (Lipinski definition) is 5. The third kappa shape index (κ3) is 16.7. The lowest BCUT2D eigenvalue weighted by Crippen LogP contribution is -2.12. The molecule has 2 heterocycles. The number of carbonyl (C=O) groups is 1.